The molecule has 296 valence electrons. The van der Waals surface area contributed by atoms with Crippen LogP contribution >= 0.6 is 0 Å². The third-order valence-electron chi connectivity index (χ3n) is 11.5. The number of hydrogen-bond acceptors (Lipinski definition) is 6. The Morgan fingerprint density at radius 2 is 1.62 bits per heavy atom. The van der Waals surface area contributed by atoms with Crippen molar-refractivity contribution < 1.29 is 37.7 Å². The van der Waals surface area contributed by atoms with Crippen LogP contribution < -0.4 is 4.74 Å². The van der Waals surface area contributed by atoms with Gasteiger partial charge in [0, 0.05) is 31.6 Å². The topological polar surface area (TPSA) is 82.1 Å². The number of unbranched alkanes of at least 4 members (excludes halogenated alkanes) is 2. The first-order chi connectivity index (χ1) is 24.9. The molecule has 1 aliphatic rings. The van der Waals surface area contributed by atoms with Crippen LogP contribution in [0.15, 0.2) is 54.6 Å². The summed E-state index contributed by atoms with van der Waals surface area (Å²) in [6.45, 7) is 15.1. The quantitative estimate of drug-likeness (QED) is 0.0580. The fourth-order valence-electron chi connectivity index (χ4n) is 8.59. The van der Waals surface area contributed by atoms with Gasteiger partial charge in [-0.25, -0.2) is 0 Å². The lowest BCUT2D eigenvalue weighted by Gasteiger charge is -2.39. The molecule has 52 heavy (non-hydrogen) atoms. The fraction of sp³-hybridized carbons (Fsp3) is 0.727. The molecule has 1 N–H and O–H groups in total. The highest BCUT2D eigenvalue weighted by molar-refractivity contribution is 5.69. The molecular formula is C44H70F2O6. The second-order valence-electron chi connectivity index (χ2n) is 15.0. The molecule has 1 fully saturated rings. The van der Waals surface area contributed by atoms with Crippen molar-refractivity contribution in [3.8, 4) is 5.75 Å². The first kappa shape index (κ1) is 45.4. The monoisotopic (exact) mass is 733 g/mol. The van der Waals surface area contributed by atoms with E-state index in [1.54, 1.807) is 30.3 Å². The number of alkyl halides is 2. The molecule has 0 saturated heterocycles. The Hall–Kier alpha value is -2.74. The number of ether oxygens (including phenoxy) is 3. The molecule has 1 aromatic carbocycles. The molecule has 0 bridgehead atoms. The summed E-state index contributed by atoms with van der Waals surface area (Å²) in [6, 6.07) is 8.42. The third kappa shape index (κ3) is 15.7. The van der Waals surface area contributed by atoms with Gasteiger partial charge in [0.2, 0.25) is 0 Å². The third-order valence-corrected chi connectivity index (χ3v) is 11.5. The second kappa shape index (κ2) is 24.6. The van der Waals surface area contributed by atoms with Crippen LogP contribution in [0, 0.1) is 41.4 Å². The zero-order chi connectivity index (χ0) is 38.5. The molecule has 0 aliphatic heterocycles. The highest BCUT2D eigenvalue weighted by Crippen LogP contribution is 2.42. The minimum Gasteiger partial charge on any atom is -0.487 e. The van der Waals surface area contributed by atoms with Gasteiger partial charge in [-0.2, -0.15) is 8.78 Å². The van der Waals surface area contributed by atoms with E-state index in [2.05, 4.69) is 41.5 Å². The van der Waals surface area contributed by atoms with Gasteiger partial charge in [-0.05, 0) is 79.9 Å². The summed E-state index contributed by atoms with van der Waals surface area (Å²) in [5.41, 5.74) is 0. The van der Waals surface area contributed by atoms with Gasteiger partial charge in [-0.15, -0.1) is 0 Å². The van der Waals surface area contributed by atoms with Crippen LogP contribution in [0.2, 0.25) is 0 Å². The molecule has 9 atom stereocenters. The molecule has 0 aromatic heterocycles. The van der Waals surface area contributed by atoms with Crippen LogP contribution in [-0.4, -0.2) is 48.4 Å². The number of benzene rings is 1. The standard InChI is InChI=1S/C44H70F2O6/c1-8-32(6)36(10-3)38(12-5)37(11-4)34(9-2)22-20-21-29-50-43(49)26-19-14-13-18-25-40-39(41(48)30-42(40)52-33(7)47)27-28-44(45,46)31-51-35-23-16-15-17-24-35/h13,15-18,23-24,27-28,32,34,36-42,48H,8-12,14,19-22,25-26,29-31H2,1-7H3/b18-13-,28-27+/t32?,34?,36?,37?,38?,39-,40-,41-,42+/m1/s1. The van der Waals surface area contributed by atoms with E-state index in [0.29, 0.717) is 44.0 Å². The number of carbonyl (C=O) groups is 2. The van der Waals surface area contributed by atoms with Crippen molar-refractivity contribution in [2.45, 2.75) is 150 Å². The van der Waals surface area contributed by atoms with E-state index >= 15 is 0 Å². The number of halogens is 2. The largest absolute Gasteiger partial charge is 0.487 e. The van der Waals surface area contributed by atoms with Crippen LogP contribution in [0.1, 0.15) is 132 Å². The number of aliphatic hydroxyl groups is 1. The molecule has 1 aliphatic carbocycles. The van der Waals surface area contributed by atoms with Crippen LogP contribution in [-0.2, 0) is 19.1 Å². The zero-order valence-corrected chi connectivity index (χ0v) is 33.2. The normalized spacial score (nSPS) is 22.3. The molecule has 6 nitrogen and oxygen atoms in total. The van der Waals surface area contributed by atoms with Gasteiger partial charge in [0.25, 0.3) is 5.92 Å². The minimum absolute atomic E-state index is 0.181. The van der Waals surface area contributed by atoms with E-state index < -0.39 is 36.6 Å². The van der Waals surface area contributed by atoms with E-state index in [9.17, 15) is 23.5 Å². The van der Waals surface area contributed by atoms with Crippen molar-refractivity contribution in [2.24, 2.45) is 41.4 Å². The summed E-state index contributed by atoms with van der Waals surface area (Å²) in [6.07, 6.45) is 16.0. The number of esters is 2. The molecule has 0 spiro atoms. The van der Waals surface area contributed by atoms with E-state index in [0.717, 1.165) is 42.6 Å². The number of allylic oxidation sites excluding steroid dienone is 2. The Morgan fingerprint density at radius 1 is 0.923 bits per heavy atom. The summed E-state index contributed by atoms with van der Waals surface area (Å²) in [7, 11) is 0. The molecule has 0 radical (unpaired) electrons. The smallest absolute Gasteiger partial charge is 0.305 e. The minimum atomic E-state index is -3.25. The van der Waals surface area contributed by atoms with E-state index in [4.69, 9.17) is 14.2 Å². The molecule has 1 saturated carbocycles. The molecule has 2 rings (SSSR count). The maximum absolute atomic E-state index is 14.7. The molecular weight excluding hydrogens is 662 g/mol. The summed E-state index contributed by atoms with van der Waals surface area (Å²) in [5.74, 6) is -0.771. The number of hydrogen-bond donors (Lipinski definition) is 1. The van der Waals surface area contributed by atoms with Crippen molar-refractivity contribution in [1.82, 2.24) is 0 Å². The molecule has 0 amide bonds. The summed E-state index contributed by atoms with van der Waals surface area (Å²) in [5, 5.41) is 10.7. The van der Waals surface area contributed by atoms with Gasteiger partial charge in [0.1, 0.15) is 11.9 Å². The SMILES string of the molecule is CCC(C)C(CC)C(CC)C(CC)C(CC)CCCCOC(=O)CCC/C=C\C[C@@H]1[C@@H](/C=C/C(F)(F)COc2ccccc2)[C@H](O)C[C@@H]1OC(C)=O. The predicted octanol–water partition coefficient (Wildman–Crippen LogP) is 11.2. The van der Waals surface area contributed by atoms with Gasteiger partial charge in [0.05, 0.1) is 12.7 Å². The molecule has 0 heterocycles. The summed E-state index contributed by atoms with van der Waals surface area (Å²) < 4.78 is 45.6. The van der Waals surface area contributed by atoms with Gasteiger partial charge in [0.15, 0.2) is 6.61 Å². The van der Waals surface area contributed by atoms with Crippen LogP contribution in [0.3, 0.4) is 0 Å². The lowest BCUT2D eigenvalue weighted by Crippen LogP contribution is -2.31. The van der Waals surface area contributed by atoms with Crippen molar-refractivity contribution in [2.75, 3.05) is 13.2 Å². The number of carbonyl (C=O) groups excluding carboxylic acids is 2. The molecule has 5 unspecified atom stereocenters. The molecule has 8 heteroatoms. The van der Waals surface area contributed by atoms with Crippen LogP contribution in [0.5, 0.6) is 5.75 Å². The lowest BCUT2D eigenvalue weighted by molar-refractivity contribution is -0.148. The van der Waals surface area contributed by atoms with Crippen molar-refractivity contribution in [1.29, 1.82) is 0 Å². The van der Waals surface area contributed by atoms with Gasteiger partial charge >= 0.3 is 11.9 Å². The highest BCUT2D eigenvalue weighted by Gasteiger charge is 2.43. The average Bonchev–Trinajstić information content (AvgIpc) is 3.42. The maximum atomic E-state index is 14.7. The predicted molar refractivity (Wildman–Crippen MR) is 206 cm³/mol. The number of aliphatic hydroxyl groups excluding tert-OH is 1. The van der Waals surface area contributed by atoms with Crippen molar-refractivity contribution >= 4 is 11.9 Å². The Labute approximate surface area is 314 Å². The maximum Gasteiger partial charge on any atom is 0.305 e. The van der Waals surface area contributed by atoms with E-state index in [1.165, 1.54) is 51.5 Å². The Bertz CT molecular complexity index is 1190. The summed E-state index contributed by atoms with van der Waals surface area (Å²) in [4.78, 5) is 24.2. The van der Waals surface area contributed by atoms with E-state index in [-0.39, 0.29) is 18.3 Å². The van der Waals surface area contributed by atoms with Gasteiger partial charge in [-0.3, -0.25) is 9.59 Å². The number of rotatable bonds is 26. The Balaban J connectivity index is 1.79. The number of para-hydroxylation sites is 1. The lowest BCUT2D eigenvalue weighted by atomic mass is 9.66. The summed E-state index contributed by atoms with van der Waals surface area (Å²) >= 11 is 0. The zero-order valence-electron chi connectivity index (χ0n) is 33.2. The fourth-order valence-corrected chi connectivity index (χ4v) is 8.59. The van der Waals surface area contributed by atoms with Crippen LogP contribution in [0.25, 0.3) is 0 Å². The Kier molecular flexibility index (Phi) is 21.4. The first-order valence-corrected chi connectivity index (χ1v) is 20.3. The van der Waals surface area contributed by atoms with Crippen LogP contribution in [0.4, 0.5) is 8.78 Å². The van der Waals surface area contributed by atoms with E-state index in [1.807, 2.05) is 12.2 Å². The second-order valence-corrected chi connectivity index (χ2v) is 15.0. The van der Waals surface area contributed by atoms with Gasteiger partial charge < -0.3 is 19.3 Å². The van der Waals surface area contributed by atoms with Crippen molar-refractivity contribution in [3.05, 3.63) is 54.6 Å². The highest BCUT2D eigenvalue weighted by atomic mass is 19.3. The first-order valence-electron chi connectivity index (χ1n) is 20.3. The Morgan fingerprint density at radius 3 is 2.23 bits per heavy atom. The molecule has 1 aromatic rings. The van der Waals surface area contributed by atoms with Crippen molar-refractivity contribution in [3.63, 3.8) is 0 Å². The van der Waals surface area contributed by atoms with Gasteiger partial charge in [-0.1, -0.05) is 116 Å². The average molecular weight is 733 g/mol.